The van der Waals surface area contributed by atoms with Gasteiger partial charge in [-0.15, -0.1) is 0 Å². The van der Waals surface area contributed by atoms with Crippen molar-refractivity contribution < 1.29 is 4.79 Å². The first-order valence-electron chi connectivity index (χ1n) is 6.94. The molecule has 0 saturated carbocycles. The van der Waals surface area contributed by atoms with Crippen LogP contribution in [0.4, 0.5) is 5.69 Å². The molecule has 21 heavy (non-hydrogen) atoms. The molecule has 0 spiro atoms. The van der Waals surface area contributed by atoms with Gasteiger partial charge in [-0.25, -0.2) is 0 Å². The van der Waals surface area contributed by atoms with E-state index in [9.17, 15) is 4.79 Å². The maximum Gasteiger partial charge on any atom is 0.220 e. The van der Waals surface area contributed by atoms with Gasteiger partial charge in [-0.05, 0) is 42.7 Å². The van der Waals surface area contributed by atoms with Crippen LogP contribution in [0, 0.1) is 0 Å². The van der Waals surface area contributed by atoms with E-state index in [0.717, 1.165) is 27.7 Å². The first-order chi connectivity index (χ1) is 10.1. The van der Waals surface area contributed by atoms with E-state index in [2.05, 4.69) is 21.2 Å². The van der Waals surface area contributed by atoms with Gasteiger partial charge in [0.15, 0.2) is 0 Å². The van der Waals surface area contributed by atoms with E-state index in [0.29, 0.717) is 6.42 Å². The Labute approximate surface area is 133 Å². The van der Waals surface area contributed by atoms with Crippen LogP contribution >= 0.6 is 15.9 Å². The molecular weight excluding hydrogens is 328 g/mol. The number of nitrogen functional groups attached to an aromatic ring is 1. The average Bonchev–Trinajstić information content (AvgIpc) is 2.47. The third-order valence-corrected chi connectivity index (χ3v) is 4.09. The van der Waals surface area contributed by atoms with Crippen LogP contribution in [0.15, 0.2) is 53.0 Å². The van der Waals surface area contributed by atoms with Gasteiger partial charge in [-0.1, -0.05) is 46.3 Å². The fraction of sp³-hybridized carbons (Fsp3) is 0.235. The Morgan fingerprint density at radius 3 is 2.52 bits per heavy atom. The zero-order valence-corrected chi connectivity index (χ0v) is 13.6. The molecule has 2 rings (SSSR count). The van der Waals surface area contributed by atoms with Crippen molar-refractivity contribution in [3.8, 4) is 0 Å². The monoisotopic (exact) mass is 346 g/mol. The molecule has 110 valence electrons. The highest BCUT2D eigenvalue weighted by Gasteiger charge is 2.11. The second-order valence-electron chi connectivity index (χ2n) is 5.05. The van der Waals surface area contributed by atoms with E-state index >= 15 is 0 Å². The van der Waals surface area contributed by atoms with Gasteiger partial charge in [0.1, 0.15) is 0 Å². The van der Waals surface area contributed by atoms with Gasteiger partial charge in [-0.2, -0.15) is 0 Å². The molecule has 0 aliphatic rings. The van der Waals surface area contributed by atoms with Crippen molar-refractivity contribution in [1.29, 1.82) is 0 Å². The highest BCUT2D eigenvalue weighted by atomic mass is 79.9. The topological polar surface area (TPSA) is 55.1 Å². The molecule has 4 heteroatoms. The minimum Gasteiger partial charge on any atom is -0.399 e. The molecule has 0 fully saturated rings. The number of benzene rings is 2. The highest BCUT2D eigenvalue weighted by molar-refractivity contribution is 9.10. The summed E-state index contributed by atoms with van der Waals surface area (Å²) in [4.78, 5) is 12.0. The Balaban J connectivity index is 1.87. The van der Waals surface area contributed by atoms with Gasteiger partial charge < -0.3 is 11.1 Å². The van der Waals surface area contributed by atoms with E-state index in [4.69, 9.17) is 5.73 Å². The number of amides is 1. The number of rotatable bonds is 5. The van der Waals surface area contributed by atoms with E-state index in [-0.39, 0.29) is 11.9 Å². The van der Waals surface area contributed by atoms with E-state index in [1.807, 2.05) is 55.5 Å². The summed E-state index contributed by atoms with van der Waals surface area (Å²) in [7, 11) is 0. The van der Waals surface area contributed by atoms with Crippen molar-refractivity contribution >= 4 is 27.5 Å². The normalized spacial score (nSPS) is 11.9. The molecule has 0 aliphatic heterocycles. The van der Waals surface area contributed by atoms with Gasteiger partial charge in [0.25, 0.3) is 0 Å². The quantitative estimate of drug-likeness (QED) is 0.808. The largest absolute Gasteiger partial charge is 0.399 e. The molecule has 0 radical (unpaired) electrons. The predicted molar refractivity (Wildman–Crippen MR) is 89.9 cm³/mol. The number of aryl methyl sites for hydroxylation is 1. The number of nitrogens with one attached hydrogen (secondary N) is 1. The molecule has 0 heterocycles. The standard InChI is InChI=1S/C17H19BrN2O/c1-12(15-4-2-3-5-16(15)18)20-17(21)11-8-13-6-9-14(19)10-7-13/h2-7,9-10,12H,8,11,19H2,1H3,(H,20,21). The van der Waals surface area contributed by atoms with Gasteiger partial charge >= 0.3 is 0 Å². The number of nitrogens with two attached hydrogens (primary N) is 1. The molecule has 1 amide bonds. The maximum absolute atomic E-state index is 12.0. The number of hydrogen-bond acceptors (Lipinski definition) is 2. The van der Waals surface area contributed by atoms with Crippen molar-refractivity contribution in [3.63, 3.8) is 0 Å². The molecular formula is C17H19BrN2O. The van der Waals surface area contributed by atoms with Crippen LogP contribution in [-0.4, -0.2) is 5.91 Å². The minimum atomic E-state index is -0.0144. The average molecular weight is 347 g/mol. The third kappa shape index (κ3) is 4.60. The Kier molecular flexibility index (Phi) is 5.39. The van der Waals surface area contributed by atoms with Crippen molar-refractivity contribution in [2.75, 3.05) is 5.73 Å². The highest BCUT2D eigenvalue weighted by Crippen LogP contribution is 2.22. The van der Waals surface area contributed by atoms with Crippen LogP contribution in [0.5, 0.6) is 0 Å². The van der Waals surface area contributed by atoms with E-state index < -0.39 is 0 Å². The van der Waals surface area contributed by atoms with Gasteiger partial charge in [-0.3, -0.25) is 4.79 Å². The molecule has 1 unspecified atom stereocenters. The smallest absolute Gasteiger partial charge is 0.220 e. The second kappa shape index (κ2) is 7.27. The van der Waals surface area contributed by atoms with Gasteiger partial charge in [0.05, 0.1) is 6.04 Å². The molecule has 1 atom stereocenters. The van der Waals surface area contributed by atoms with Crippen molar-refractivity contribution in [1.82, 2.24) is 5.32 Å². The second-order valence-corrected chi connectivity index (χ2v) is 5.91. The molecule has 2 aromatic rings. The van der Waals surface area contributed by atoms with Crippen molar-refractivity contribution in [3.05, 3.63) is 64.1 Å². The van der Waals surface area contributed by atoms with Crippen LogP contribution in [0.25, 0.3) is 0 Å². The van der Waals surface area contributed by atoms with Crippen molar-refractivity contribution in [2.45, 2.75) is 25.8 Å². The summed E-state index contributed by atoms with van der Waals surface area (Å²) in [5, 5.41) is 3.03. The van der Waals surface area contributed by atoms with E-state index in [1.54, 1.807) is 0 Å². The predicted octanol–water partition coefficient (Wildman–Crippen LogP) is 3.84. The van der Waals surface area contributed by atoms with Crippen LogP contribution in [0.1, 0.15) is 30.5 Å². The SMILES string of the molecule is CC(NC(=O)CCc1ccc(N)cc1)c1ccccc1Br. The fourth-order valence-corrected chi connectivity index (χ4v) is 2.79. The lowest BCUT2D eigenvalue weighted by Gasteiger charge is -2.15. The zero-order valence-electron chi connectivity index (χ0n) is 12.0. The molecule has 3 N–H and O–H groups in total. The number of halogens is 1. The molecule has 3 nitrogen and oxygen atoms in total. The number of carbonyl (C=O) groups excluding carboxylic acids is 1. The van der Waals surface area contributed by atoms with Crippen LogP contribution < -0.4 is 11.1 Å². The molecule has 0 saturated heterocycles. The lowest BCUT2D eigenvalue weighted by Crippen LogP contribution is -2.27. The lowest BCUT2D eigenvalue weighted by molar-refractivity contribution is -0.121. The Morgan fingerprint density at radius 1 is 1.19 bits per heavy atom. The van der Waals surface area contributed by atoms with Crippen LogP contribution in [0.2, 0.25) is 0 Å². The summed E-state index contributed by atoms with van der Waals surface area (Å²) < 4.78 is 1.01. The fourth-order valence-electron chi connectivity index (χ4n) is 2.16. The Hall–Kier alpha value is -1.81. The summed E-state index contributed by atoms with van der Waals surface area (Å²) in [6.45, 7) is 1.99. The summed E-state index contributed by atoms with van der Waals surface area (Å²) in [5.74, 6) is 0.0510. The van der Waals surface area contributed by atoms with E-state index in [1.165, 1.54) is 0 Å². The Bertz CT molecular complexity index is 610. The number of carbonyl (C=O) groups is 1. The molecule has 0 aromatic heterocycles. The van der Waals surface area contributed by atoms with Crippen molar-refractivity contribution in [2.24, 2.45) is 0 Å². The summed E-state index contributed by atoms with van der Waals surface area (Å²) in [6.07, 6.45) is 1.19. The Morgan fingerprint density at radius 2 is 1.86 bits per heavy atom. The first-order valence-corrected chi connectivity index (χ1v) is 7.74. The molecule has 2 aromatic carbocycles. The third-order valence-electron chi connectivity index (χ3n) is 3.37. The molecule has 0 bridgehead atoms. The first kappa shape index (κ1) is 15.6. The molecule has 0 aliphatic carbocycles. The summed E-state index contributed by atoms with van der Waals surface area (Å²) >= 11 is 3.51. The van der Waals surface area contributed by atoms with Gasteiger partial charge in [0, 0.05) is 16.6 Å². The zero-order chi connectivity index (χ0) is 15.2. The summed E-state index contributed by atoms with van der Waals surface area (Å²) in [6, 6.07) is 15.5. The number of hydrogen-bond donors (Lipinski definition) is 2. The minimum absolute atomic E-state index is 0.0144. The van der Waals surface area contributed by atoms with Crippen LogP contribution in [0.3, 0.4) is 0 Å². The lowest BCUT2D eigenvalue weighted by atomic mass is 10.1. The number of anilines is 1. The summed E-state index contributed by atoms with van der Waals surface area (Å²) in [5.41, 5.74) is 8.59. The van der Waals surface area contributed by atoms with Gasteiger partial charge in [0.2, 0.25) is 5.91 Å². The maximum atomic E-state index is 12.0. The van der Waals surface area contributed by atoms with Crippen LogP contribution in [-0.2, 0) is 11.2 Å².